The lowest BCUT2D eigenvalue weighted by atomic mass is 9.85. The zero-order chi connectivity index (χ0) is 14.3. The molecule has 1 aromatic carbocycles. The average Bonchev–Trinajstić information content (AvgIpc) is 2.42. The molecule has 1 unspecified atom stereocenters. The molecule has 0 saturated carbocycles. The summed E-state index contributed by atoms with van der Waals surface area (Å²) in [6, 6.07) is 5.23. The van der Waals surface area contributed by atoms with Crippen LogP contribution in [-0.2, 0) is 10.0 Å². The largest absolute Gasteiger partial charge is 0.302 e. The second kappa shape index (κ2) is 5.68. The number of fused-ring (bicyclic) bond motifs is 3. The number of halogens is 2. The maximum absolute atomic E-state index is 12.6. The first-order valence-electron chi connectivity index (χ1n) is 6.65. The van der Waals surface area contributed by atoms with Crippen LogP contribution in [0, 0.1) is 5.92 Å². The lowest BCUT2D eigenvalue weighted by Crippen LogP contribution is -2.57. The fraction of sp³-hybridized carbons (Fsp3) is 0.538. The second-order valence-corrected chi connectivity index (χ2v) is 8.89. The van der Waals surface area contributed by atoms with Gasteiger partial charge in [-0.2, -0.15) is 0 Å². The molecule has 0 radical (unpaired) electrons. The van der Waals surface area contributed by atoms with Gasteiger partial charge in [-0.3, -0.25) is 0 Å². The minimum atomic E-state index is -3.49. The standard InChI is InChI=1S/C13H16Br2N2O2S/c14-10-1-2-11(15)13(7-10)20(18,19)16-12-8-17-5-3-9(12)4-6-17/h1-2,7,9,12,16H,3-6,8H2. The van der Waals surface area contributed by atoms with Crippen LogP contribution < -0.4 is 4.72 Å². The van der Waals surface area contributed by atoms with E-state index in [4.69, 9.17) is 0 Å². The van der Waals surface area contributed by atoms with Crippen molar-refractivity contribution in [1.29, 1.82) is 0 Å². The third kappa shape index (κ3) is 2.97. The van der Waals surface area contributed by atoms with Crippen LogP contribution in [0.3, 0.4) is 0 Å². The number of rotatable bonds is 3. The van der Waals surface area contributed by atoms with E-state index in [-0.39, 0.29) is 6.04 Å². The van der Waals surface area contributed by atoms with Crippen molar-refractivity contribution in [2.45, 2.75) is 23.8 Å². The van der Waals surface area contributed by atoms with Crippen molar-refractivity contribution in [3.05, 3.63) is 27.1 Å². The molecule has 1 N–H and O–H groups in total. The van der Waals surface area contributed by atoms with Gasteiger partial charge in [0, 0.05) is 21.5 Å². The van der Waals surface area contributed by atoms with Gasteiger partial charge < -0.3 is 4.90 Å². The van der Waals surface area contributed by atoms with Gasteiger partial charge in [0.25, 0.3) is 0 Å². The predicted molar refractivity (Wildman–Crippen MR) is 85.1 cm³/mol. The molecular formula is C13H16Br2N2O2S. The molecule has 2 bridgehead atoms. The summed E-state index contributed by atoms with van der Waals surface area (Å²) in [5.74, 6) is 0.473. The van der Waals surface area contributed by atoms with Gasteiger partial charge in [-0.15, -0.1) is 0 Å². The zero-order valence-corrected chi connectivity index (χ0v) is 14.8. The number of nitrogens with one attached hydrogen (secondary N) is 1. The van der Waals surface area contributed by atoms with Crippen LogP contribution in [0.2, 0.25) is 0 Å². The Morgan fingerprint density at radius 3 is 2.50 bits per heavy atom. The first kappa shape index (κ1) is 15.0. The second-order valence-electron chi connectivity index (χ2n) is 5.44. The molecule has 1 atom stereocenters. The van der Waals surface area contributed by atoms with E-state index >= 15 is 0 Å². The van der Waals surface area contributed by atoms with Crippen molar-refractivity contribution in [2.24, 2.45) is 5.92 Å². The smallest absolute Gasteiger partial charge is 0.242 e. The minimum absolute atomic E-state index is 0.0355. The van der Waals surface area contributed by atoms with Gasteiger partial charge in [0.1, 0.15) is 0 Å². The molecule has 3 aliphatic rings. The average molecular weight is 424 g/mol. The van der Waals surface area contributed by atoms with Crippen molar-refractivity contribution in [1.82, 2.24) is 9.62 Å². The number of nitrogens with zero attached hydrogens (tertiary/aromatic N) is 1. The summed E-state index contributed by atoms with van der Waals surface area (Å²) >= 11 is 6.65. The summed E-state index contributed by atoms with van der Waals surface area (Å²) in [4.78, 5) is 2.63. The SMILES string of the molecule is O=S(=O)(NC1CN2CCC1CC2)c1cc(Br)ccc1Br. The molecule has 0 aliphatic carbocycles. The zero-order valence-electron chi connectivity index (χ0n) is 10.9. The van der Waals surface area contributed by atoms with E-state index in [1.54, 1.807) is 12.1 Å². The predicted octanol–water partition coefficient (Wildman–Crippen LogP) is 2.58. The molecule has 110 valence electrons. The molecule has 0 amide bonds. The Kier molecular flexibility index (Phi) is 4.25. The van der Waals surface area contributed by atoms with Crippen LogP contribution in [0.1, 0.15) is 12.8 Å². The Morgan fingerprint density at radius 1 is 1.20 bits per heavy atom. The van der Waals surface area contributed by atoms with Crippen LogP contribution in [0.15, 0.2) is 32.0 Å². The van der Waals surface area contributed by atoms with Crippen LogP contribution in [0.4, 0.5) is 0 Å². The Hall–Kier alpha value is 0.0500. The monoisotopic (exact) mass is 422 g/mol. The van der Waals surface area contributed by atoms with E-state index in [9.17, 15) is 8.42 Å². The molecule has 3 saturated heterocycles. The molecule has 0 spiro atoms. The summed E-state index contributed by atoms with van der Waals surface area (Å²) in [6.07, 6.45) is 2.18. The Morgan fingerprint density at radius 2 is 1.90 bits per heavy atom. The first-order chi connectivity index (χ1) is 9.45. The quantitative estimate of drug-likeness (QED) is 0.812. The topological polar surface area (TPSA) is 49.4 Å². The summed E-state index contributed by atoms with van der Waals surface area (Å²) in [7, 11) is -3.49. The highest BCUT2D eigenvalue weighted by Gasteiger charge is 2.36. The summed E-state index contributed by atoms with van der Waals surface area (Å²) < 4.78 is 29.4. The summed E-state index contributed by atoms with van der Waals surface area (Å²) in [5.41, 5.74) is 0. The summed E-state index contributed by atoms with van der Waals surface area (Å²) in [6.45, 7) is 3.03. The normalized spacial score (nSPS) is 29.6. The fourth-order valence-corrected chi connectivity index (χ4v) is 5.84. The summed E-state index contributed by atoms with van der Waals surface area (Å²) in [5, 5.41) is 0. The molecule has 7 heteroatoms. The van der Waals surface area contributed by atoms with Gasteiger partial charge in [-0.05, 0) is 66.0 Å². The van der Waals surface area contributed by atoms with E-state index < -0.39 is 10.0 Å². The highest BCUT2D eigenvalue weighted by Crippen LogP contribution is 2.30. The van der Waals surface area contributed by atoms with Crippen LogP contribution in [0.5, 0.6) is 0 Å². The maximum atomic E-state index is 12.6. The molecule has 3 heterocycles. The van der Waals surface area contributed by atoms with E-state index in [1.807, 2.05) is 6.07 Å². The van der Waals surface area contributed by atoms with Gasteiger partial charge in [-0.25, -0.2) is 13.1 Å². The first-order valence-corrected chi connectivity index (χ1v) is 9.72. The van der Waals surface area contributed by atoms with Gasteiger partial charge in [0.15, 0.2) is 0 Å². The molecule has 3 fully saturated rings. The molecule has 3 aliphatic heterocycles. The van der Waals surface area contributed by atoms with Crippen LogP contribution >= 0.6 is 31.9 Å². The van der Waals surface area contributed by atoms with Gasteiger partial charge in [-0.1, -0.05) is 15.9 Å². The van der Waals surface area contributed by atoms with E-state index in [0.717, 1.165) is 36.9 Å². The number of hydrogen-bond donors (Lipinski definition) is 1. The lowest BCUT2D eigenvalue weighted by Gasteiger charge is -2.44. The number of hydrogen-bond acceptors (Lipinski definition) is 3. The molecule has 4 rings (SSSR count). The molecule has 0 aromatic heterocycles. The Bertz CT molecular complexity index is 613. The van der Waals surface area contributed by atoms with E-state index in [2.05, 4.69) is 41.5 Å². The van der Waals surface area contributed by atoms with E-state index in [0.29, 0.717) is 15.3 Å². The van der Waals surface area contributed by atoms with Crippen molar-refractivity contribution in [3.8, 4) is 0 Å². The van der Waals surface area contributed by atoms with Crippen molar-refractivity contribution in [2.75, 3.05) is 19.6 Å². The number of piperidine rings is 3. The van der Waals surface area contributed by atoms with Gasteiger partial charge >= 0.3 is 0 Å². The van der Waals surface area contributed by atoms with Crippen molar-refractivity contribution >= 4 is 41.9 Å². The molecule has 20 heavy (non-hydrogen) atoms. The van der Waals surface area contributed by atoms with Gasteiger partial charge in [0.05, 0.1) is 4.90 Å². The molecular weight excluding hydrogens is 408 g/mol. The van der Waals surface area contributed by atoms with E-state index in [1.165, 1.54) is 0 Å². The van der Waals surface area contributed by atoms with Crippen molar-refractivity contribution < 1.29 is 8.42 Å². The number of sulfonamides is 1. The highest BCUT2D eigenvalue weighted by atomic mass is 79.9. The Balaban J connectivity index is 1.84. The molecule has 1 aromatic rings. The Labute approximate surface area is 136 Å². The van der Waals surface area contributed by atoms with Gasteiger partial charge in [0.2, 0.25) is 10.0 Å². The highest BCUT2D eigenvalue weighted by molar-refractivity contribution is 9.11. The maximum Gasteiger partial charge on any atom is 0.242 e. The van der Waals surface area contributed by atoms with Crippen LogP contribution in [-0.4, -0.2) is 39.0 Å². The third-order valence-corrected chi connectivity index (χ3v) is 7.12. The van der Waals surface area contributed by atoms with Crippen LogP contribution in [0.25, 0.3) is 0 Å². The number of benzene rings is 1. The lowest BCUT2D eigenvalue weighted by molar-refractivity contribution is 0.0827. The molecule has 4 nitrogen and oxygen atoms in total. The van der Waals surface area contributed by atoms with Crippen molar-refractivity contribution in [3.63, 3.8) is 0 Å². The fourth-order valence-electron chi connectivity index (χ4n) is 3.04. The minimum Gasteiger partial charge on any atom is -0.302 e. The third-order valence-electron chi connectivity index (χ3n) is 4.15.